The van der Waals surface area contributed by atoms with Crippen LogP contribution in [0.2, 0.25) is 0 Å². The number of carbonyl (C=O) groups excluding carboxylic acids is 2. The van der Waals surface area contributed by atoms with E-state index in [9.17, 15) is 9.59 Å². The van der Waals surface area contributed by atoms with Gasteiger partial charge in [0.25, 0.3) is 5.91 Å². The van der Waals surface area contributed by atoms with Gasteiger partial charge < -0.3 is 19.3 Å². The Morgan fingerprint density at radius 1 is 1.38 bits per heavy atom. The monoisotopic (exact) mass is 359 g/mol. The van der Waals surface area contributed by atoms with E-state index in [0.717, 1.165) is 19.4 Å². The van der Waals surface area contributed by atoms with E-state index >= 15 is 0 Å². The minimum Gasteiger partial charge on any atom is -0.465 e. The van der Waals surface area contributed by atoms with E-state index in [1.807, 2.05) is 4.90 Å². The van der Waals surface area contributed by atoms with E-state index < -0.39 is 5.97 Å². The van der Waals surface area contributed by atoms with Crippen molar-refractivity contribution in [1.29, 1.82) is 0 Å². The zero-order chi connectivity index (χ0) is 18.5. The Kier molecular flexibility index (Phi) is 4.23. The molecule has 4 atom stereocenters. The minimum absolute atomic E-state index is 0.0947. The Morgan fingerprint density at radius 3 is 2.88 bits per heavy atom. The quantitative estimate of drug-likeness (QED) is 0.749. The molecule has 0 radical (unpaired) electrons. The number of likely N-dealkylation sites (tertiary alicyclic amines) is 1. The molecule has 7 nitrogen and oxygen atoms in total. The molecule has 3 aliphatic heterocycles. The molecule has 1 aromatic rings. The predicted molar refractivity (Wildman–Crippen MR) is 93.9 cm³/mol. The van der Waals surface area contributed by atoms with E-state index in [4.69, 9.17) is 9.47 Å². The lowest BCUT2D eigenvalue weighted by Crippen LogP contribution is -2.40. The number of nitrogens with zero attached hydrogens (tertiary/aromatic N) is 3. The number of hydrogen-bond acceptors (Lipinski definition) is 6. The summed E-state index contributed by atoms with van der Waals surface area (Å²) in [6.07, 6.45) is 5.35. The number of methoxy groups -OCH3 is 1. The lowest BCUT2D eigenvalue weighted by Gasteiger charge is -2.30. The molecular formula is C19H25N3O4. The van der Waals surface area contributed by atoms with Gasteiger partial charge in [-0.3, -0.25) is 9.78 Å². The fraction of sp³-hybridized carbons (Fsp3) is 0.632. The molecule has 0 N–H and O–H groups in total. The fourth-order valence-corrected chi connectivity index (χ4v) is 4.98. The number of carbonyl (C=O) groups is 2. The lowest BCUT2D eigenvalue weighted by molar-refractivity contribution is 0.00255. The average Bonchev–Trinajstić information content (AvgIpc) is 3.30. The number of aromatic nitrogens is 1. The molecule has 140 valence electrons. The van der Waals surface area contributed by atoms with Gasteiger partial charge in [0.05, 0.1) is 36.5 Å². The van der Waals surface area contributed by atoms with Crippen molar-refractivity contribution in [3.05, 3.63) is 29.6 Å². The zero-order valence-corrected chi connectivity index (χ0v) is 15.5. The van der Waals surface area contributed by atoms with Crippen LogP contribution in [0.4, 0.5) is 0 Å². The highest BCUT2D eigenvalue weighted by molar-refractivity contribution is 5.97. The maximum atomic E-state index is 13.0. The van der Waals surface area contributed by atoms with Crippen LogP contribution in [0.1, 0.15) is 33.6 Å². The molecule has 1 spiro atoms. The average molecular weight is 359 g/mol. The number of rotatable bonds is 4. The Bertz CT molecular complexity index is 737. The molecule has 2 bridgehead atoms. The Morgan fingerprint density at radius 2 is 2.15 bits per heavy atom. The SMILES string of the molecule is COC(=O)c1cncc(C(=O)N2C[C@H]3[C@@H](CN(C)C)[C@@H]4CC[C@@]3(C2)O4)c1. The molecule has 7 heteroatoms. The molecule has 3 aliphatic rings. The molecule has 1 amide bonds. The van der Waals surface area contributed by atoms with Crippen molar-refractivity contribution in [2.75, 3.05) is 40.8 Å². The molecule has 0 aliphatic carbocycles. The van der Waals surface area contributed by atoms with Crippen molar-refractivity contribution < 1.29 is 19.1 Å². The summed E-state index contributed by atoms with van der Waals surface area (Å²) in [4.78, 5) is 32.8. The van der Waals surface area contributed by atoms with Gasteiger partial charge in [-0.05, 0) is 33.0 Å². The first-order valence-corrected chi connectivity index (χ1v) is 9.09. The second kappa shape index (κ2) is 6.32. The molecular weight excluding hydrogens is 334 g/mol. The number of hydrogen-bond donors (Lipinski definition) is 0. The number of ether oxygens (including phenoxy) is 2. The highest BCUT2D eigenvalue weighted by atomic mass is 16.5. The molecule has 3 saturated heterocycles. The van der Waals surface area contributed by atoms with Crippen LogP contribution < -0.4 is 0 Å². The van der Waals surface area contributed by atoms with Gasteiger partial charge in [0.15, 0.2) is 0 Å². The van der Waals surface area contributed by atoms with E-state index in [2.05, 4.69) is 24.0 Å². The Labute approximate surface area is 153 Å². The van der Waals surface area contributed by atoms with Crippen molar-refractivity contribution in [2.45, 2.75) is 24.5 Å². The molecule has 0 unspecified atom stereocenters. The maximum Gasteiger partial charge on any atom is 0.339 e. The van der Waals surface area contributed by atoms with Crippen LogP contribution >= 0.6 is 0 Å². The van der Waals surface area contributed by atoms with Crippen LogP contribution in [0.15, 0.2) is 18.5 Å². The van der Waals surface area contributed by atoms with Gasteiger partial charge in [-0.15, -0.1) is 0 Å². The summed E-state index contributed by atoms with van der Waals surface area (Å²) >= 11 is 0. The molecule has 26 heavy (non-hydrogen) atoms. The van der Waals surface area contributed by atoms with Gasteiger partial charge in [-0.25, -0.2) is 4.79 Å². The summed E-state index contributed by atoms with van der Waals surface area (Å²) in [5, 5.41) is 0. The van der Waals surface area contributed by atoms with Gasteiger partial charge in [-0.1, -0.05) is 0 Å². The Hall–Kier alpha value is -1.99. The van der Waals surface area contributed by atoms with Gasteiger partial charge in [0, 0.05) is 37.3 Å². The van der Waals surface area contributed by atoms with Crippen molar-refractivity contribution in [1.82, 2.24) is 14.8 Å². The third-order valence-corrected chi connectivity index (χ3v) is 6.05. The maximum absolute atomic E-state index is 13.0. The fourth-order valence-electron chi connectivity index (χ4n) is 4.98. The zero-order valence-electron chi connectivity index (χ0n) is 15.5. The summed E-state index contributed by atoms with van der Waals surface area (Å²) in [6.45, 7) is 2.31. The number of esters is 1. The van der Waals surface area contributed by atoms with E-state index in [1.54, 1.807) is 6.07 Å². The van der Waals surface area contributed by atoms with E-state index in [0.29, 0.717) is 42.2 Å². The van der Waals surface area contributed by atoms with Crippen molar-refractivity contribution >= 4 is 11.9 Å². The van der Waals surface area contributed by atoms with Crippen molar-refractivity contribution in [2.24, 2.45) is 11.8 Å². The van der Waals surface area contributed by atoms with Crippen LogP contribution in [-0.2, 0) is 9.47 Å². The largest absolute Gasteiger partial charge is 0.465 e. The smallest absolute Gasteiger partial charge is 0.339 e. The summed E-state index contributed by atoms with van der Waals surface area (Å²) in [5.74, 6) is 0.264. The Balaban J connectivity index is 1.54. The molecule has 0 saturated carbocycles. The standard InChI is InChI=1S/C19H25N3O4/c1-21(2)9-14-15-10-22(11-19(15)5-4-16(14)26-19)17(23)12-6-13(8-20-7-12)18(24)25-3/h6-8,14-16H,4-5,9-11H2,1-3H3/t14-,15+,16+,19+/m1/s1. The highest BCUT2D eigenvalue weighted by Crippen LogP contribution is 2.55. The number of amides is 1. The molecule has 4 rings (SSSR count). The minimum atomic E-state index is -0.489. The third-order valence-electron chi connectivity index (χ3n) is 6.05. The van der Waals surface area contributed by atoms with Gasteiger partial charge in [0.1, 0.15) is 0 Å². The third kappa shape index (κ3) is 2.70. The van der Waals surface area contributed by atoms with Gasteiger partial charge in [-0.2, -0.15) is 0 Å². The second-order valence-electron chi connectivity index (χ2n) is 7.93. The van der Waals surface area contributed by atoms with Crippen molar-refractivity contribution in [3.63, 3.8) is 0 Å². The summed E-state index contributed by atoms with van der Waals surface area (Å²) < 4.78 is 11.1. The lowest BCUT2D eigenvalue weighted by atomic mass is 9.73. The predicted octanol–water partition coefficient (Wildman–Crippen LogP) is 1.05. The first kappa shape index (κ1) is 17.4. The summed E-state index contributed by atoms with van der Waals surface area (Å²) in [7, 11) is 5.48. The van der Waals surface area contributed by atoms with Crippen LogP contribution in [-0.4, -0.2) is 79.2 Å². The van der Waals surface area contributed by atoms with Gasteiger partial charge >= 0.3 is 5.97 Å². The van der Waals surface area contributed by atoms with Gasteiger partial charge in [0.2, 0.25) is 0 Å². The first-order chi connectivity index (χ1) is 12.4. The van der Waals surface area contributed by atoms with Crippen LogP contribution in [0.3, 0.4) is 0 Å². The molecule has 3 fully saturated rings. The molecule has 0 aromatic carbocycles. The van der Waals surface area contributed by atoms with Crippen molar-refractivity contribution in [3.8, 4) is 0 Å². The second-order valence-corrected chi connectivity index (χ2v) is 7.93. The topological polar surface area (TPSA) is 72.0 Å². The van der Waals surface area contributed by atoms with E-state index in [1.165, 1.54) is 19.5 Å². The van der Waals surface area contributed by atoms with E-state index in [-0.39, 0.29) is 11.5 Å². The highest BCUT2D eigenvalue weighted by Gasteiger charge is 2.63. The summed E-state index contributed by atoms with van der Waals surface area (Å²) in [6, 6.07) is 1.56. The van der Waals surface area contributed by atoms with Crippen LogP contribution in [0.25, 0.3) is 0 Å². The van der Waals surface area contributed by atoms with Crippen LogP contribution in [0, 0.1) is 11.8 Å². The normalized spacial score (nSPS) is 32.2. The molecule has 1 aromatic heterocycles. The number of fused-ring (bicyclic) bond motifs is 1. The first-order valence-electron chi connectivity index (χ1n) is 9.09. The number of pyridine rings is 1. The summed E-state index contributed by atoms with van der Waals surface area (Å²) in [5.41, 5.74) is 0.524. The molecule has 4 heterocycles. The van der Waals surface area contributed by atoms with Crippen LogP contribution in [0.5, 0.6) is 0 Å².